The summed E-state index contributed by atoms with van der Waals surface area (Å²) in [7, 11) is -1.79. The van der Waals surface area contributed by atoms with Crippen molar-refractivity contribution in [2.75, 3.05) is 20.1 Å². The van der Waals surface area contributed by atoms with E-state index in [1.807, 2.05) is 12.1 Å². The second-order valence-electron chi connectivity index (χ2n) is 7.40. The summed E-state index contributed by atoms with van der Waals surface area (Å²) in [5, 5.41) is 0.651. The van der Waals surface area contributed by atoms with Crippen LogP contribution in [0, 0.1) is 5.92 Å². The van der Waals surface area contributed by atoms with E-state index in [0.717, 1.165) is 18.4 Å². The van der Waals surface area contributed by atoms with Gasteiger partial charge in [-0.3, -0.25) is 4.79 Å². The van der Waals surface area contributed by atoms with Crippen LogP contribution in [-0.4, -0.2) is 43.7 Å². The molecule has 1 saturated heterocycles. The lowest BCUT2D eigenvalue weighted by molar-refractivity contribution is 0.0785. The fraction of sp³-hybridized carbons (Fsp3) is 0.381. The summed E-state index contributed by atoms with van der Waals surface area (Å²) in [6, 6.07) is 13.5. The average Bonchev–Trinajstić information content (AvgIpc) is 2.69. The number of piperidine rings is 1. The Kier molecular flexibility index (Phi) is 6.43. The number of benzene rings is 2. The summed E-state index contributed by atoms with van der Waals surface area (Å²) in [6.45, 7) is 3.69. The molecule has 0 aliphatic carbocycles. The van der Waals surface area contributed by atoms with Gasteiger partial charge in [-0.1, -0.05) is 30.7 Å². The van der Waals surface area contributed by atoms with Crippen LogP contribution in [0.15, 0.2) is 53.4 Å². The van der Waals surface area contributed by atoms with E-state index in [9.17, 15) is 13.2 Å². The van der Waals surface area contributed by atoms with Crippen molar-refractivity contribution in [3.05, 3.63) is 64.7 Å². The van der Waals surface area contributed by atoms with Gasteiger partial charge in [0.2, 0.25) is 10.0 Å². The molecule has 1 amide bonds. The number of carbonyl (C=O) groups is 1. The Labute approximate surface area is 172 Å². The van der Waals surface area contributed by atoms with Crippen LogP contribution in [0.5, 0.6) is 0 Å². The van der Waals surface area contributed by atoms with Crippen LogP contribution in [0.1, 0.15) is 35.7 Å². The summed E-state index contributed by atoms with van der Waals surface area (Å²) in [5.41, 5.74) is 1.43. The van der Waals surface area contributed by atoms with Gasteiger partial charge >= 0.3 is 0 Å². The first kappa shape index (κ1) is 20.8. The van der Waals surface area contributed by atoms with Crippen LogP contribution >= 0.6 is 11.6 Å². The highest BCUT2D eigenvalue weighted by molar-refractivity contribution is 7.89. The van der Waals surface area contributed by atoms with Gasteiger partial charge in [0.05, 0.1) is 4.90 Å². The smallest absolute Gasteiger partial charge is 0.253 e. The van der Waals surface area contributed by atoms with Gasteiger partial charge < -0.3 is 4.90 Å². The Morgan fingerprint density at radius 3 is 2.21 bits per heavy atom. The maximum Gasteiger partial charge on any atom is 0.253 e. The van der Waals surface area contributed by atoms with Crippen molar-refractivity contribution < 1.29 is 13.2 Å². The zero-order chi connectivity index (χ0) is 20.3. The molecule has 7 heteroatoms. The maximum atomic E-state index is 12.8. The second-order valence-corrected chi connectivity index (χ2v) is 9.77. The third-order valence-corrected chi connectivity index (χ3v) is 7.33. The number of hydrogen-bond acceptors (Lipinski definition) is 3. The van der Waals surface area contributed by atoms with Crippen molar-refractivity contribution in [3.63, 3.8) is 0 Å². The first-order chi connectivity index (χ1) is 13.3. The zero-order valence-electron chi connectivity index (χ0n) is 16.1. The maximum absolute atomic E-state index is 12.8. The van der Waals surface area contributed by atoms with Crippen LogP contribution in [0.3, 0.4) is 0 Å². The predicted octanol–water partition coefficient (Wildman–Crippen LogP) is 4.03. The van der Waals surface area contributed by atoms with E-state index in [1.165, 1.54) is 16.4 Å². The summed E-state index contributed by atoms with van der Waals surface area (Å²) >= 11 is 5.89. The molecule has 0 saturated carbocycles. The highest BCUT2D eigenvalue weighted by Crippen LogP contribution is 2.24. The molecule has 3 rings (SSSR count). The third kappa shape index (κ3) is 4.74. The Bertz CT molecular complexity index is 919. The third-order valence-electron chi connectivity index (χ3n) is 5.16. The molecule has 2 aromatic carbocycles. The zero-order valence-corrected chi connectivity index (χ0v) is 17.7. The molecule has 1 heterocycles. The molecular formula is C21H25ClN2O3S. The molecule has 1 fully saturated rings. The van der Waals surface area contributed by atoms with Crippen molar-refractivity contribution in [2.24, 2.45) is 5.92 Å². The quantitative estimate of drug-likeness (QED) is 0.733. The summed E-state index contributed by atoms with van der Waals surface area (Å²) in [4.78, 5) is 14.5. The number of hydrogen-bond donors (Lipinski definition) is 0. The molecule has 150 valence electrons. The Morgan fingerprint density at radius 1 is 1.07 bits per heavy atom. The Balaban J connectivity index is 1.69. The second kappa shape index (κ2) is 8.64. The van der Waals surface area contributed by atoms with Gasteiger partial charge in [-0.2, -0.15) is 4.31 Å². The van der Waals surface area contributed by atoms with E-state index < -0.39 is 10.0 Å². The van der Waals surface area contributed by atoms with Gasteiger partial charge in [0.15, 0.2) is 0 Å². The normalized spacial score (nSPS) is 16.1. The number of sulfonamides is 1. The number of halogens is 1. The van der Waals surface area contributed by atoms with Crippen molar-refractivity contribution in [2.45, 2.75) is 31.2 Å². The van der Waals surface area contributed by atoms with Gasteiger partial charge in [0, 0.05) is 37.3 Å². The monoisotopic (exact) mass is 420 g/mol. The number of amides is 1. The Morgan fingerprint density at radius 2 is 1.64 bits per heavy atom. The molecule has 1 aliphatic heterocycles. The molecule has 0 unspecified atom stereocenters. The lowest BCUT2D eigenvalue weighted by atomic mass is 10.0. The predicted molar refractivity (Wildman–Crippen MR) is 111 cm³/mol. The molecule has 0 aromatic heterocycles. The van der Waals surface area contributed by atoms with Gasteiger partial charge in [-0.05, 0) is 60.7 Å². The fourth-order valence-corrected chi connectivity index (χ4v) is 4.90. The number of nitrogens with zero attached hydrogens (tertiary/aromatic N) is 2. The van der Waals surface area contributed by atoms with Gasteiger partial charge in [-0.25, -0.2) is 8.42 Å². The average molecular weight is 421 g/mol. The van der Waals surface area contributed by atoms with Crippen LogP contribution < -0.4 is 0 Å². The van der Waals surface area contributed by atoms with E-state index in [2.05, 4.69) is 6.92 Å². The molecule has 5 nitrogen and oxygen atoms in total. The topological polar surface area (TPSA) is 57.7 Å². The SMILES string of the molecule is CC1CCN(S(=O)(=O)c2ccc(C(=O)N(C)Cc3ccc(Cl)cc3)cc2)CC1. The van der Waals surface area contributed by atoms with E-state index in [4.69, 9.17) is 11.6 Å². The van der Waals surface area contributed by atoms with E-state index >= 15 is 0 Å². The molecule has 28 heavy (non-hydrogen) atoms. The molecule has 2 aromatic rings. The molecule has 0 atom stereocenters. The van der Waals surface area contributed by atoms with E-state index in [-0.39, 0.29) is 10.8 Å². The molecule has 0 bridgehead atoms. The van der Waals surface area contributed by atoms with E-state index in [0.29, 0.717) is 36.1 Å². The minimum absolute atomic E-state index is 0.161. The lowest BCUT2D eigenvalue weighted by Gasteiger charge is -2.29. The lowest BCUT2D eigenvalue weighted by Crippen LogP contribution is -2.37. The van der Waals surface area contributed by atoms with Crippen molar-refractivity contribution in [1.29, 1.82) is 0 Å². The number of rotatable bonds is 5. The van der Waals surface area contributed by atoms with Crippen molar-refractivity contribution in [3.8, 4) is 0 Å². The van der Waals surface area contributed by atoms with Crippen LogP contribution in [-0.2, 0) is 16.6 Å². The van der Waals surface area contributed by atoms with Gasteiger partial charge in [0.25, 0.3) is 5.91 Å². The minimum Gasteiger partial charge on any atom is -0.337 e. The molecule has 0 radical (unpaired) electrons. The van der Waals surface area contributed by atoms with Gasteiger partial charge in [-0.15, -0.1) is 0 Å². The molecule has 0 spiro atoms. The highest BCUT2D eigenvalue weighted by Gasteiger charge is 2.28. The number of carbonyl (C=O) groups excluding carboxylic acids is 1. The van der Waals surface area contributed by atoms with Crippen LogP contribution in [0.4, 0.5) is 0 Å². The minimum atomic E-state index is -3.50. The Hall–Kier alpha value is -1.89. The summed E-state index contributed by atoms with van der Waals surface area (Å²) in [5.74, 6) is 0.397. The fourth-order valence-electron chi connectivity index (χ4n) is 3.30. The molecule has 0 N–H and O–H groups in total. The standard InChI is InChI=1S/C21H25ClN2O3S/c1-16-11-13-24(14-12-16)28(26,27)20-9-5-18(6-10-20)21(25)23(2)15-17-3-7-19(22)8-4-17/h3-10,16H,11-15H2,1-2H3. The van der Waals surface area contributed by atoms with Gasteiger partial charge in [0.1, 0.15) is 0 Å². The summed E-state index contributed by atoms with van der Waals surface area (Å²) < 4.78 is 27.1. The van der Waals surface area contributed by atoms with E-state index in [1.54, 1.807) is 36.2 Å². The van der Waals surface area contributed by atoms with Crippen molar-refractivity contribution in [1.82, 2.24) is 9.21 Å². The van der Waals surface area contributed by atoms with Crippen molar-refractivity contribution >= 4 is 27.5 Å². The molecular weight excluding hydrogens is 396 g/mol. The van der Waals surface area contributed by atoms with Crippen LogP contribution in [0.2, 0.25) is 5.02 Å². The largest absolute Gasteiger partial charge is 0.337 e. The van der Waals surface area contributed by atoms with Crippen LogP contribution in [0.25, 0.3) is 0 Å². The molecule has 1 aliphatic rings. The first-order valence-electron chi connectivity index (χ1n) is 9.37. The summed E-state index contributed by atoms with van der Waals surface area (Å²) in [6.07, 6.45) is 1.76. The highest BCUT2D eigenvalue weighted by atomic mass is 35.5. The first-order valence-corrected chi connectivity index (χ1v) is 11.2.